The number of aromatic nitrogens is 1. The van der Waals surface area contributed by atoms with Crippen LogP contribution < -0.4 is 20.7 Å². The largest absolute Gasteiger partial charge is 0.455 e. The minimum absolute atomic E-state index is 0.281. The van der Waals surface area contributed by atoms with E-state index in [9.17, 15) is 4.79 Å². The van der Waals surface area contributed by atoms with Gasteiger partial charge in [-0.25, -0.2) is 9.78 Å². The highest BCUT2D eigenvalue weighted by Crippen LogP contribution is 2.37. The van der Waals surface area contributed by atoms with E-state index in [0.717, 1.165) is 0 Å². The van der Waals surface area contributed by atoms with Gasteiger partial charge in [0, 0.05) is 38.1 Å². The zero-order valence-electron chi connectivity index (χ0n) is 13.4. The summed E-state index contributed by atoms with van der Waals surface area (Å²) in [4.78, 5) is 17.6. The highest BCUT2D eigenvalue weighted by atomic mass is 16.6. The van der Waals surface area contributed by atoms with Gasteiger partial charge in [0.15, 0.2) is 11.6 Å². The molecule has 2 aromatic rings. The van der Waals surface area contributed by atoms with Gasteiger partial charge in [-0.1, -0.05) is 6.07 Å². The van der Waals surface area contributed by atoms with Gasteiger partial charge in [0.2, 0.25) is 0 Å². The van der Waals surface area contributed by atoms with E-state index in [2.05, 4.69) is 10.3 Å². The van der Waals surface area contributed by atoms with Crippen molar-refractivity contribution in [2.75, 3.05) is 36.7 Å². The monoisotopic (exact) mass is 316 g/mol. The van der Waals surface area contributed by atoms with E-state index >= 15 is 0 Å². The van der Waals surface area contributed by atoms with Crippen LogP contribution in [0.5, 0.6) is 11.5 Å². The van der Waals surface area contributed by atoms with E-state index in [4.69, 9.17) is 15.2 Å². The highest BCUT2D eigenvalue weighted by Gasteiger charge is 2.21. The molecule has 0 saturated carbocycles. The van der Waals surface area contributed by atoms with Crippen LogP contribution >= 0.6 is 0 Å². The number of rotatable bonds is 5. The predicted molar refractivity (Wildman–Crippen MR) is 90.1 cm³/mol. The van der Waals surface area contributed by atoms with Gasteiger partial charge in [-0.3, -0.25) is 4.90 Å². The molecule has 122 valence electrons. The van der Waals surface area contributed by atoms with Crippen molar-refractivity contribution >= 4 is 23.3 Å². The summed E-state index contributed by atoms with van der Waals surface area (Å²) < 4.78 is 10.9. The molecule has 0 atom stereocenters. The molecule has 0 aliphatic carbocycles. The smallest absolute Gasteiger partial charge is 0.414 e. The van der Waals surface area contributed by atoms with Crippen LogP contribution in [0.4, 0.5) is 22.0 Å². The molecule has 1 amide bonds. The SMILES string of the molecule is CCOC(=O)N(C)c1c(Oc2cccc(N)c2)ccnc1NC. The Bertz CT molecular complexity index is 691. The number of hydrogen-bond donors (Lipinski definition) is 2. The Morgan fingerprint density at radius 3 is 2.83 bits per heavy atom. The van der Waals surface area contributed by atoms with E-state index in [1.54, 1.807) is 57.5 Å². The lowest BCUT2D eigenvalue weighted by Gasteiger charge is -2.22. The lowest BCUT2D eigenvalue weighted by atomic mass is 10.3. The molecule has 0 aliphatic rings. The fraction of sp³-hybridized carbons (Fsp3) is 0.250. The molecule has 0 fully saturated rings. The fourth-order valence-electron chi connectivity index (χ4n) is 2.04. The highest BCUT2D eigenvalue weighted by molar-refractivity contribution is 5.93. The lowest BCUT2D eigenvalue weighted by molar-refractivity contribution is 0.161. The molecule has 1 heterocycles. The molecule has 7 heteroatoms. The summed E-state index contributed by atoms with van der Waals surface area (Å²) >= 11 is 0. The third-order valence-corrected chi connectivity index (χ3v) is 3.09. The molecule has 23 heavy (non-hydrogen) atoms. The van der Waals surface area contributed by atoms with Gasteiger partial charge in [-0.05, 0) is 19.1 Å². The summed E-state index contributed by atoms with van der Waals surface area (Å²) in [5.41, 5.74) is 6.84. The molecule has 0 bridgehead atoms. The van der Waals surface area contributed by atoms with Crippen molar-refractivity contribution in [2.45, 2.75) is 6.92 Å². The molecule has 7 nitrogen and oxygen atoms in total. The van der Waals surface area contributed by atoms with Crippen molar-refractivity contribution in [3.63, 3.8) is 0 Å². The van der Waals surface area contributed by atoms with Crippen LogP contribution in [0.15, 0.2) is 36.5 Å². The summed E-state index contributed by atoms with van der Waals surface area (Å²) in [6.07, 6.45) is 1.10. The van der Waals surface area contributed by atoms with Gasteiger partial charge < -0.3 is 20.5 Å². The van der Waals surface area contributed by atoms with Crippen molar-refractivity contribution in [3.05, 3.63) is 36.5 Å². The minimum Gasteiger partial charge on any atom is -0.455 e. The molecular weight excluding hydrogens is 296 g/mol. The Labute approximate surface area is 135 Å². The maximum Gasteiger partial charge on any atom is 0.414 e. The zero-order valence-corrected chi connectivity index (χ0v) is 13.4. The number of anilines is 3. The summed E-state index contributed by atoms with van der Waals surface area (Å²) in [5.74, 6) is 1.53. The van der Waals surface area contributed by atoms with Gasteiger partial charge in [-0.2, -0.15) is 0 Å². The summed E-state index contributed by atoms with van der Waals surface area (Å²) in [6.45, 7) is 2.03. The number of nitrogens with two attached hydrogens (primary N) is 1. The number of ether oxygens (including phenoxy) is 2. The van der Waals surface area contributed by atoms with Crippen molar-refractivity contribution in [1.29, 1.82) is 0 Å². The molecule has 0 saturated heterocycles. The number of benzene rings is 1. The van der Waals surface area contributed by atoms with Gasteiger partial charge in [0.05, 0.1) is 6.61 Å². The molecule has 0 unspecified atom stereocenters. The number of hydrogen-bond acceptors (Lipinski definition) is 6. The van der Waals surface area contributed by atoms with Crippen LogP contribution in [0.25, 0.3) is 0 Å². The van der Waals surface area contributed by atoms with Crippen molar-refractivity contribution in [2.24, 2.45) is 0 Å². The van der Waals surface area contributed by atoms with Crippen LogP contribution in [0.3, 0.4) is 0 Å². The third-order valence-electron chi connectivity index (χ3n) is 3.09. The molecule has 0 spiro atoms. The summed E-state index contributed by atoms with van der Waals surface area (Å²) in [7, 11) is 3.32. The Morgan fingerprint density at radius 1 is 1.39 bits per heavy atom. The summed E-state index contributed by atoms with van der Waals surface area (Å²) in [6, 6.07) is 8.72. The van der Waals surface area contributed by atoms with Crippen LogP contribution in [0.2, 0.25) is 0 Å². The molecular formula is C16H20N4O3. The first-order chi connectivity index (χ1) is 11.1. The standard InChI is InChI=1S/C16H20N4O3/c1-4-22-16(21)20(3)14-13(8-9-19-15(14)18-2)23-12-7-5-6-11(17)10-12/h5-10H,4,17H2,1-3H3,(H,18,19). The second-order valence-electron chi connectivity index (χ2n) is 4.69. The summed E-state index contributed by atoms with van der Waals surface area (Å²) in [5, 5.41) is 2.95. The van der Waals surface area contributed by atoms with Crippen molar-refractivity contribution in [1.82, 2.24) is 4.98 Å². The number of carbonyl (C=O) groups excluding carboxylic acids is 1. The average Bonchev–Trinajstić information content (AvgIpc) is 2.54. The molecule has 1 aromatic heterocycles. The number of nitrogens with zero attached hydrogens (tertiary/aromatic N) is 2. The Balaban J connectivity index is 2.41. The van der Waals surface area contributed by atoms with Crippen LogP contribution in [0.1, 0.15) is 6.92 Å². The van der Waals surface area contributed by atoms with E-state index in [-0.39, 0.29) is 6.61 Å². The topological polar surface area (TPSA) is 89.7 Å². The van der Waals surface area contributed by atoms with E-state index in [1.807, 2.05) is 0 Å². The normalized spacial score (nSPS) is 10.0. The van der Waals surface area contributed by atoms with Gasteiger partial charge in [0.25, 0.3) is 0 Å². The maximum atomic E-state index is 12.0. The third kappa shape index (κ3) is 3.82. The number of nitrogen functional groups attached to an aromatic ring is 1. The van der Waals surface area contributed by atoms with E-state index < -0.39 is 6.09 Å². The minimum atomic E-state index is -0.491. The lowest BCUT2D eigenvalue weighted by Crippen LogP contribution is -2.28. The number of amides is 1. The van der Waals surface area contributed by atoms with Crippen LogP contribution in [0, 0.1) is 0 Å². The van der Waals surface area contributed by atoms with Gasteiger partial charge >= 0.3 is 6.09 Å². The van der Waals surface area contributed by atoms with Crippen LogP contribution in [-0.4, -0.2) is 31.8 Å². The number of pyridine rings is 1. The zero-order chi connectivity index (χ0) is 16.8. The van der Waals surface area contributed by atoms with Gasteiger partial charge in [0.1, 0.15) is 11.4 Å². The first-order valence-electron chi connectivity index (χ1n) is 7.17. The Hall–Kier alpha value is -2.96. The first-order valence-corrected chi connectivity index (χ1v) is 7.17. The second-order valence-corrected chi connectivity index (χ2v) is 4.69. The van der Waals surface area contributed by atoms with Crippen LogP contribution in [-0.2, 0) is 4.74 Å². The Kier molecular flexibility index (Phi) is 5.24. The van der Waals surface area contributed by atoms with E-state index in [0.29, 0.717) is 28.7 Å². The van der Waals surface area contributed by atoms with E-state index in [1.165, 1.54) is 4.90 Å². The number of carbonyl (C=O) groups is 1. The Morgan fingerprint density at radius 2 is 2.17 bits per heavy atom. The molecule has 1 aromatic carbocycles. The fourth-order valence-corrected chi connectivity index (χ4v) is 2.04. The van der Waals surface area contributed by atoms with Crippen molar-refractivity contribution < 1.29 is 14.3 Å². The second kappa shape index (κ2) is 7.35. The predicted octanol–water partition coefficient (Wildman–Crippen LogP) is 3.09. The average molecular weight is 316 g/mol. The van der Waals surface area contributed by atoms with Gasteiger partial charge in [-0.15, -0.1) is 0 Å². The number of nitrogens with one attached hydrogen (secondary N) is 1. The molecule has 3 N–H and O–H groups in total. The molecule has 0 aliphatic heterocycles. The molecule has 0 radical (unpaired) electrons. The van der Waals surface area contributed by atoms with Crippen molar-refractivity contribution in [3.8, 4) is 11.5 Å². The first kappa shape index (κ1) is 16.4. The quantitative estimate of drug-likeness (QED) is 0.824. The maximum absolute atomic E-state index is 12.0. The molecule has 2 rings (SSSR count).